The van der Waals surface area contributed by atoms with E-state index in [0.717, 1.165) is 32.1 Å². The lowest BCUT2D eigenvalue weighted by molar-refractivity contribution is -0.138. The molecule has 1 unspecified atom stereocenters. The van der Waals surface area contributed by atoms with Gasteiger partial charge < -0.3 is 20.2 Å². The lowest BCUT2D eigenvalue weighted by Gasteiger charge is -2.45. The molecule has 8 nitrogen and oxygen atoms in total. The van der Waals surface area contributed by atoms with E-state index in [1.165, 1.54) is 6.33 Å². The molecule has 2 N–H and O–H groups in total. The van der Waals surface area contributed by atoms with E-state index in [9.17, 15) is 9.59 Å². The number of nitrogens with zero attached hydrogens (tertiary/aromatic N) is 4. The molecule has 2 aromatic heterocycles. The maximum Gasteiger partial charge on any atom is 0.247 e. The zero-order valence-corrected chi connectivity index (χ0v) is 20.5. The van der Waals surface area contributed by atoms with Crippen LogP contribution in [0, 0.1) is 0 Å². The van der Waals surface area contributed by atoms with Crippen LogP contribution in [0.15, 0.2) is 46.5 Å². The van der Waals surface area contributed by atoms with E-state index in [-0.39, 0.29) is 18.6 Å². The van der Waals surface area contributed by atoms with Gasteiger partial charge in [-0.2, -0.15) is 0 Å². The first-order valence-electron chi connectivity index (χ1n) is 10.4. The molecule has 0 bridgehead atoms. The molecule has 1 aliphatic rings. The summed E-state index contributed by atoms with van der Waals surface area (Å²) in [6.07, 6.45) is 5.71. The molecule has 172 valence electrons. The second-order valence-corrected chi connectivity index (χ2v) is 9.62. The van der Waals surface area contributed by atoms with Gasteiger partial charge in [0.25, 0.3) is 0 Å². The highest BCUT2D eigenvalue weighted by Crippen LogP contribution is 2.24. The van der Waals surface area contributed by atoms with Gasteiger partial charge >= 0.3 is 0 Å². The van der Waals surface area contributed by atoms with Gasteiger partial charge in [0.15, 0.2) is 0 Å². The van der Waals surface area contributed by atoms with E-state index in [1.807, 2.05) is 29.6 Å². The number of ether oxygens (including phenoxy) is 1. The third kappa shape index (κ3) is 5.30. The van der Waals surface area contributed by atoms with Crippen molar-refractivity contribution in [3.63, 3.8) is 0 Å². The highest BCUT2D eigenvalue weighted by molar-refractivity contribution is 9.10. The number of anilines is 1. The topological polar surface area (TPSA) is 102 Å². The van der Waals surface area contributed by atoms with Gasteiger partial charge in [0.2, 0.25) is 5.91 Å². The molecule has 3 aromatic rings. The highest BCUT2D eigenvalue weighted by Gasteiger charge is 2.38. The predicted octanol–water partition coefficient (Wildman–Crippen LogP) is 2.98. The molecular weight excluding hydrogens is 506 g/mol. The fourth-order valence-corrected chi connectivity index (χ4v) is 5.43. The third-order valence-corrected chi connectivity index (χ3v) is 7.36. The first-order valence-corrected chi connectivity index (χ1v) is 12.1. The van der Waals surface area contributed by atoms with Crippen molar-refractivity contribution in [1.82, 2.24) is 19.8 Å². The number of aldehydes is 1. The number of carbonyl (C=O) groups excluding carboxylic acids is 2. The smallest absolute Gasteiger partial charge is 0.247 e. The van der Waals surface area contributed by atoms with Crippen LogP contribution < -0.4 is 5.73 Å². The number of nitrogens with two attached hydrogens (primary N) is 1. The zero-order valence-electron chi connectivity index (χ0n) is 18.1. The lowest BCUT2D eigenvalue weighted by Crippen LogP contribution is -2.62. The van der Waals surface area contributed by atoms with Gasteiger partial charge in [0, 0.05) is 52.9 Å². The lowest BCUT2D eigenvalue weighted by atomic mass is 10.0. The quantitative estimate of drug-likeness (QED) is 0.370. The van der Waals surface area contributed by atoms with Gasteiger partial charge in [-0.25, -0.2) is 9.97 Å². The first-order chi connectivity index (χ1) is 16.0. The Morgan fingerprint density at radius 1 is 1.33 bits per heavy atom. The highest BCUT2D eigenvalue weighted by atomic mass is 79.9. The van der Waals surface area contributed by atoms with E-state index in [4.69, 9.17) is 10.5 Å². The summed E-state index contributed by atoms with van der Waals surface area (Å²) in [6.45, 7) is 1.88. The largest absolute Gasteiger partial charge is 0.383 e. The van der Waals surface area contributed by atoms with Crippen LogP contribution in [-0.4, -0.2) is 70.9 Å². The van der Waals surface area contributed by atoms with Gasteiger partial charge in [0.1, 0.15) is 18.4 Å². The van der Waals surface area contributed by atoms with Crippen molar-refractivity contribution in [3.05, 3.63) is 57.0 Å². The average Bonchev–Trinajstić information content (AvgIpc) is 3.23. The Morgan fingerprint density at radius 2 is 2.18 bits per heavy atom. The first kappa shape index (κ1) is 23.5. The Morgan fingerprint density at radius 3 is 2.91 bits per heavy atom. The fourth-order valence-electron chi connectivity index (χ4n) is 4.09. The molecule has 1 fully saturated rings. The number of piperazine rings is 1. The number of benzene rings is 1. The molecule has 4 rings (SSSR count). The number of halogens is 1. The molecule has 1 aromatic carbocycles. The molecule has 0 radical (unpaired) electrons. The summed E-state index contributed by atoms with van der Waals surface area (Å²) < 4.78 is 6.37. The monoisotopic (exact) mass is 529 g/mol. The molecule has 0 spiro atoms. The molecule has 10 heteroatoms. The summed E-state index contributed by atoms with van der Waals surface area (Å²) in [4.78, 5) is 38.2. The van der Waals surface area contributed by atoms with Crippen molar-refractivity contribution in [2.75, 3.05) is 32.5 Å². The van der Waals surface area contributed by atoms with Gasteiger partial charge in [-0.1, -0.05) is 6.07 Å². The normalized spacial score (nSPS) is 19.4. The number of carbonyl (C=O) groups is 2. The van der Waals surface area contributed by atoms with E-state index >= 15 is 0 Å². The van der Waals surface area contributed by atoms with Gasteiger partial charge in [-0.3, -0.25) is 9.69 Å². The number of hydrogen-bond acceptors (Lipinski definition) is 8. The Labute approximate surface area is 204 Å². The second-order valence-electron chi connectivity index (χ2n) is 7.76. The van der Waals surface area contributed by atoms with Crippen molar-refractivity contribution in [1.29, 1.82) is 0 Å². The number of nitrogen functional groups attached to an aromatic ring is 1. The number of amides is 1. The number of aromatic nitrogens is 2. The van der Waals surface area contributed by atoms with Crippen molar-refractivity contribution >= 4 is 62.3 Å². The summed E-state index contributed by atoms with van der Waals surface area (Å²) in [5.74, 6) is 0.304. The van der Waals surface area contributed by atoms with Crippen LogP contribution in [0.1, 0.15) is 10.4 Å². The molecule has 1 aliphatic heterocycles. The number of methoxy groups -OCH3 is 1. The molecular formula is C23H24BrN5O3S. The number of rotatable bonds is 7. The molecule has 3 heterocycles. The van der Waals surface area contributed by atoms with Gasteiger partial charge in [0.05, 0.1) is 24.2 Å². The van der Waals surface area contributed by atoms with Crippen LogP contribution in [-0.2, 0) is 20.9 Å². The van der Waals surface area contributed by atoms with Crippen LogP contribution in [0.4, 0.5) is 5.82 Å². The second kappa shape index (κ2) is 10.5. The van der Waals surface area contributed by atoms with E-state index in [2.05, 4.69) is 30.8 Å². The minimum Gasteiger partial charge on any atom is -0.383 e. The van der Waals surface area contributed by atoms with Crippen LogP contribution in [0.5, 0.6) is 0 Å². The summed E-state index contributed by atoms with van der Waals surface area (Å²) >= 11 is 4.97. The van der Waals surface area contributed by atoms with E-state index < -0.39 is 6.04 Å². The number of thiophene rings is 1. The molecule has 0 saturated carbocycles. The number of fused-ring (bicyclic) bond motifs is 1. The molecule has 0 aliphatic carbocycles. The minimum atomic E-state index is -0.488. The summed E-state index contributed by atoms with van der Waals surface area (Å²) in [7, 11) is 1.58. The van der Waals surface area contributed by atoms with Crippen molar-refractivity contribution in [2.24, 2.45) is 0 Å². The Balaban J connectivity index is 1.52. The zero-order chi connectivity index (χ0) is 23.4. The van der Waals surface area contributed by atoms with Crippen LogP contribution in [0.25, 0.3) is 17.0 Å². The fraction of sp³-hybridized carbons (Fsp3) is 0.304. The molecule has 33 heavy (non-hydrogen) atoms. The average molecular weight is 530 g/mol. The molecule has 2 atom stereocenters. The van der Waals surface area contributed by atoms with Crippen molar-refractivity contribution < 1.29 is 14.3 Å². The maximum absolute atomic E-state index is 13.0. The summed E-state index contributed by atoms with van der Waals surface area (Å²) in [5, 5.41) is 2.76. The molecule has 1 amide bonds. The summed E-state index contributed by atoms with van der Waals surface area (Å²) in [6, 6.07) is 6.91. The van der Waals surface area contributed by atoms with Crippen molar-refractivity contribution in [2.45, 2.75) is 18.6 Å². The van der Waals surface area contributed by atoms with Crippen LogP contribution >= 0.6 is 27.3 Å². The van der Waals surface area contributed by atoms with Gasteiger partial charge in [-0.05, 0) is 45.8 Å². The maximum atomic E-state index is 13.0. The molecule has 1 saturated heterocycles. The van der Waals surface area contributed by atoms with Crippen LogP contribution in [0.3, 0.4) is 0 Å². The SMILES string of the molecule is COC[C@@H]1C(C=O)N(Cc2ccc3c(N)ncnc3c2)CCN1C(=O)C=Cc1cc(Br)cs1. The Hall–Kier alpha value is -2.66. The Bertz CT molecular complexity index is 1180. The Kier molecular flexibility index (Phi) is 7.49. The van der Waals surface area contributed by atoms with E-state index in [1.54, 1.807) is 35.5 Å². The number of hydrogen-bond donors (Lipinski definition) is 1. The summed E-state index contributed by atoms with van der Waals surface area (Å²) in [5.41, 5.74) is 7.69. The van der Waals surface area contributed by atoms with Crippen molar-refractivity contribution in [3.8, 4) is 0 Å². The standard InChI is InChI=1S/C23H24BrN5O3S/c1-32-12-21-20(11-30)28(10-15-2-4-18-19(8-15)26-14-27-23(18)25)6-7-29(21)22(31)5-3-17-9-16(24)13-33-17/h2-5,8-9,11,13-14,20-21H,6-7,10,12H2,1H3,(H2,25,26,27)/t20?,21-/m1/s1. The minimum absolute atomic E-state index is 0.133. The van der Waals surface area contributed by atoms with Crippen LogP contribution in [0.2, 0.25) is 0 Å². The predicted molar refractivity (Wildman–Crippen MR) is 133 cm³/mol. The van der Waals surface area contributed by atoms with Gasteiger partial charge in [-0.15, -0.1) is 11.3 Å². The third-order valence-electron chi connectivity index (χ3n) is 5.70. The van der Waals surface area contributed by atoms with E-state index in [0.29, 0.717) is 25.5 Å².